The summed E-state index contributed by atoms with van der Waals surface area (Å²) in [4.78, 5) is 12.0. The molecule has 6 rings (SSSR count). The maximum atomic E-state index is 10.2. The summed E-state index contributed by atoms with van der Waals surface area (Å²) in [5, 5.41) is 10.2. The monoisotopic (exact) mass is 418 g/mol. The Morgan fingerprint density at radius 1 is 1.03 bits per heavy atom. The van der Waals surface area contributed by atoms with Gasteiger partial charge in [-0.05, 0) is 69.6 Å². The van der Waals surface area contributed by atoms with E-state index in [-0.39, 0.29) is 11.8 Å². The van der Waals surface area contributed by atoms with Crippen molar-refractivity contribution in [3.8, 4) is 5.75 Å². The largest absolute Gasteiger partial charge is 0.465 e. The zero-order chi connectivity index (χ0) is 21.3. The molecule has 0 aromatic heterocycles. The Kier molecular flexibility index (Phi) is 4.77. The summed E-state index contributed by atoms with van der Waals surface area (Å²) in [6, 6.07) is 7.57. The minimum absolute atomic E-state index is 0.125. The van der Waals surface area contributed by atoms with Gasteiger partial charge >= 0.3 is 0 Å². The van der Waals surface area contributed by atoms with Gasteiger partial charge in [-0.3, -0.25) is 0 Å². The Bertz CT molecular complexity index is 788. The van der Waals surface area contributed by atoms with E-state index < -0.39 is 29.6 Å². The van der Waals surface area contributed by atoms with Crippen molar-refractivity contribution in [3.63, 3.8) is 0 Å². The van der Waals surface area contributed by atoms with E-state index in [1.807, 2.05) is 31.2 Å². The van der Waals surface area contributed by atoms with Crippen molar-refractivity contribution in [1.29, 1.82) is 0 Å². The summed E-state index contributed by atoms with van der Waals surface area (Å²) in [7, 11) is 0. The molecule has 5 aliphatic rings. The van der Waals surface area contributed by atoms with Crippen molar-refractivity contribution in [2.24, 2.45) is 23.7 Å². The first-order chi connectivity index (χ1) is 14.1. The number of aliphatic hydroxyl groups is 1. The van der Waals surface area contributed by atoms with Crippen LogP contribution in [0.3, 0.4) is 0 Å². The van der Waals surface area contributed by atoms with E-state index in [2.05, 4.69) is 13.8 Å². The third-order valence-electron chi connectivity index (χ3n) is 7.91. The second-order valence-electron chi connectivity index (χ2n) is 10.5. The molecule has 30 heavy (non-hydrogen) atoms. The summed E-state index contributed by atoms with van der Waals surface area (Å²) in [6.07, 6.45) is 3.09. The van der Waals surface area contributed by atoms with Gasteiger partial charge in [0.2, 0.25) is 12.1 Å². The van der Waals surface area contributed by atoms with Crippen LogP contribution in [0.25, 0.3) is 0 Å². The van der Waals surface area contributed by atoms with Crippen LogP contribution in [0.1, 0.15) is 65.9 Å². The van der Waals surface area contributed by atoms with Gasteiger partial charge in [0.1, 0.15) is 5.75 Å². The maximum absolute atomic E-state index is 10.2. The molecular weight excluding hydrogens is 384 g/mol. The molecule has 4 aliphatic heterocycles. The van der Waals surface area contributed by atoms with Crippen LogP contribution < -0.4 is 4.74 Å². The lowest BCUT2D eigenvalue weighted by Gasteiger charge is -2.60. The van der Waals surface area contributed by atoms with Gasteiger partial charge in [-0.2, -0.15) is 0 Å². The van der Waals surface area contributed by atoms with Crippen LogP contribution in [0, 0.1) is 23.7 Å². The summed E-state index contributed by atoms with van der Waals surface area (Å²) in [6.45, 7) is 9.98. The van der Waals surface area contributed by atoms with Crippen molar-refractivity contribution in [2.45, 2.75) is 89.9 Å². The van der Waals surface area contributed by atoms with Gasteiger partial charge < -0.3 is 19.3 Å². The van der Waals surface area contributed by atoms with Crippen LogP contribution in [-0.4, -0.2) is 29.1 Å². The molecule has 2 bridgehead atoms. The minimum atomic E-state index is -0.881. The van der Waals surface area contributed by atoms with E-state index in [1.54, 1.807) is 13.8 Å². The van der Waals surface area contributed by atoms with Crippen molar-refractivity contribution in [2.75, 3.05) is 0 Å². The minimum Gasteiger partial charge on any atom is -0.465 e. The van der Waals surface area contributed by atoms with Crippen LogP contribution in [0.5, 0.6) is 5.75 Å². The van der Waals surface area contributed by atoms with Gasteiger partial charge in [0.05, 0.1) is 5.60 Å². The molecule has 0 unspecified atom stereocenters. The molecule has 1 aliphatic carbocycles. The van der Waals surface area contributed by atoms with Gasteiger partial charge in [0.15, 0.2) is 11.9 Å². The molecule has 1 N–H and O–H groups in total. The molecule has 5 fully saturated rings. The molecule has 0 radical (unpaired) electrons. The molecular formula is C24H34O6. The maximum Gasteiger partial charge on any atom is 0.205 e. The summed E-state index contributed by atoms with van der Waals surface area (Å²) in [5.41, 5.74) is -0.607. The summed E-state index contributed by atoms with van der Waals surface area (Å²) >= 11 is 0. The normalized spacial score (nSPS) is 45.5. The zero-order valence-corrected chi connectivity index (χ0v) is 18.6. The third kappa shape index (κ3) is 3.11. The predicted octanol–water partition coefficient (Wildman–Crippen LogP) is 4.50. The molecule has 1 aromatic carbocycles. The second kappa shape index (κ2) is 6.91. The standard InChI is InChI=1S/C24H34O6/c1-14-6-11-19-15(2)20(26-17-9-7-16(8-10-17)22(3,4)25)27-21-24(19)18(14)12-13-23(5,28-21)29-30-24/h7-10,14-15,18-21,25H,6,11-13H2,1-5H3/t14-,15-,18+,19+,20+,21-,23-,24-/m1/s1. The van der Waals surface area contributed by atoms with Crippen LogP contribution in [0.2, 0.25) is 0 Å². The molecule has 166 valence electrons. The van der Waals surface area contributed by atoms with Gasteiger partial charge in [-0.25, -0.2) is 9.78 Å². The smallest absolute Gasteiger partial charge is 0.205 e. The molecule has 4 heterocycles. The van der Waals surface area contributed by atoms with Gasteiger partial charge in [0.25, 0.3) is 0 Å². The molecule has 6 heteroatoms. The Morgan fingerprint density at radius 2 is 1.77 bits per heavy atom. The topological polar surface area (TPSA) is 66.4 Å². The SMILES string of the molecule is C[C@H]1[C@@H](Oc2ccc(C(C)(C)O)cc2)O[C@@H]2O[C@@]3(C)CC[C@H]4[C@H](C)CC[C@@H]1[C@@]24OO3. The number of ether oxygens (including phenoxy) is 3. The first-order valence-corrected chi connectivity index (χ1v) is 11.3. The Labute approximate surface area is 178 Å². The van der Waals surface area contributed by atoms with Gasteiger partial charge in [0, 0.05) is 18.3 Å². The Hall–Kier alpha value is -1.18. The van der Waals surface area contributed by atoms with Gasteiger partial charge in [-0.1, -0.05) is 26.0 Å². The molecule has 8 atom stereocenters. The van der Waals surface area contributed by atoms with Crippen LogP contribution in [0.15, 0.2) is 24.3 Å². The first kappa shape index (κ1) is 20.7. The van der Waals surface area contributed by atoms with Crippen molar-refractivity contribution < 1.29 is 29.1 Å². The average molecular weight is 419 g/mol. The summed E-state index contributed by atoms with van der Waals surface area (Å²) < 4.78 is 19.1. The number of hydrogen-bond donors (Lipinski definition) is 1. The fourth-order valence-electron chi connectivity index (χ4n) is 6.08. The van der Waals surface area contributed by atoms with E-state index in [9.17, 15) is 5.11 Å². The van der Waals surface area contributed by atoms with E-state index in [0.29, 0.717) is 11.8 Å². The van der Waals surface area contributed by atoms with Crippen LogP contribution in [0.4, 0.5) is 0 Å². The van der Waals surface area contributed by atoms with Crippen LogP contribution in [-0.2, 0) is 24.8 Å². The van der Waals surface area contributed by atoms with Crippen molar-refractivity contribution >= 4 is 0 Å². The zero-order valence-electron chi connectivity index (χ0n) is 18.6. The number of benzene rings is 1. The number of rotatable bonds is 3. The van der Waals surface area contributed by atoms with Gasteiger partial charge in [-0.15, -0.1) is 0 Å². The quantitative estimate of drug-likeness (QED) is 0.729. The lowest BCUT2D eigenvalue weighted by atomic mass is 9.58. The third-order valence-corrected chi connectivity index (χ3v) is 7.91. The molecule has 1 spiro atoms. The van der Waals surface area contributed by atoms with Crippen molar-refractivity contribution in [3.05, 3.63) is 29.8 Å². The van der Waals surface area contributed by atoms with E-state index in [0.717, 1.165) is 30.6 Å². The van der Waals surface area contributed by atoms with E-state index in [4.69, 9.17) is 24.0 Å². The lowest BCUT2D eigenvalue weighted by molar-refractivity contribution is -0.575. The van der Waals surface area contributed by atoms with Crippen LogP contribution >= 0.6 is 0 Å². The number of hydrogen-bond acceptors (Lipinski definition) is 6. The van der Waals surface area contributed by atoms with E-state index >= 15 is 0 Å². The van der Waals surface area contributed by atoms with Crippen molar-refractivity contribution in [1.82, 2.24) is 0 Å². The first-order valence-electron chi connectivity index (χ1n) is 11.3. The second-order valence-corrected chi connectivity index (χ2v) is 10.5. The lowest BCUT2D eigenvalue weighted by Crippen LogP contribution is -2.70. The molecule has 4 saturated heterocycles. The molecule has 0 amide bonds. The number of fused-ring (bicyclic) bond motifs is 2. The predicted molar refractivity (Wildman–Crippen MR) is 109 cm³/mol. The fraction of sp³-hybridized carbons (Fsp3) is 0.750. The highest BCUT2D eigenvalue weighted by Crippen LogP contribution is 2.60. The average Bonchev–Trinajstić information content (AvgIpc) is 2.92. The molecule has 1 saturated carbocycles. The molecule has 1 aromatic rings. The Balaban J connectivity index is 1.43. The highest BCUT2D eigenvalue weighted by molar-refractivity contribution is 5.30. The highest BCUT2D eigenvalue weighted by atomic mass is 17.3. The summed E-state index contributed by atoms with van der Waals surface area (Å²) in [5.74, 6) is 1.19. The van der Waals surface area contributed by atoms with E-state index in [1.165, 1.54) is 6.42 Å². The Morgan fingerprint density at radius 3 is 2.47 bits per heavy atom. The molecule has 6 nitrogen and oxygen atoms in total. The fourth-order valence-corrected chi connectivity index (χ4v) is 6.08. The highest BCUT2D eigenvalue weighted by Gasteiger charge is 2.69.